The van der Waals surface area contributed by atoms with Crippen LogP contribution in [0.15, 0.2) is 5.38 Å². The molecule has 0 amide bonds. The van der Waals surface area contributed by atoms with Crippen molar-refractivity contribution in [3.63, 3.8) is 0 Å². The lowest BCUT2D eigenvalue weighted by atomic mass is 9.77. The number of carbonyl (C=O) groups is 1. The zero-order chi connectivity index (χ0) is 13.9. The molecular weight excluding hydrogens is 260 g/mol. The highest BCUT2D eigenvalue weighted by atomic mass is 32.1. The third kappa shape index (κ3) is 3.54. The van der Waals surface area contributed by atoms with Crippen LogP contribution >= 0.6 is 11.3 Å². The van der Waals surface area contributed by atoms with Crippen molar-refractivity contribution < 1.29 is 9.53 Å². The minimum absolute atomic E-state index is 0.220. The number of hydrogen-bond donors (Lipinski definition) is 1. The van der Waals surface area contributed by atoms with Gasteiger partial charge < -0.3 is 10.5 Å². The predicted molar refractivity (Wildman–Crippen MR) is 75.9 cm³/mol. The molecule has 1 aliphatic carbocycles. The Morgan fingerprint density at radius 3 is 3.16 bits per heavy atom. The van der Waals surface area contributed by atoms with Gasteiger partial charge in [0.2, 0.25) is 0 Å². The molecule has 1 aliphatic rings. The topological polar surface area (TPSA) is 65.2 Å². The summed E-state index contributed by atoms with van der Waals surface area (Å²) in [7, 11) is 0. The molecule has 1 aromatic rings. The van der Waals surface area contributed by atoms with Crippen LogP contribution in [0.4, 0.5) is 0 Å². The largest absolute Gasteiger partial charge is 0.466 e. The summed E-state index contributed by atoms with van der Waals surface area (Å²) in [5.41, 5.74) is 6.99. The summed E-state index contributed by atoms with van der Waals surface area (Å²) in [5, 5.41) is 2.90. The summed E-state index contributed by atoms with van der Waals surface area (Å²) < 4.78 is 4.94. The van der Waals surface area contributed by atoms with E-state index in [1.165, 1.54) is 6.42 Å². The molecule has 0 aromatic carbocycles. The Bertz CT molecular complexity index is 446. The minimum Gasteiger partial charge on any atom is -0.466 e. The summed E-state index contributed by atoms with van der Waals surface area (Å²) in [6, 6.07) is 0. The van der Waals surface area contributed by atoms with Gasteiger partial charge in [-0.1, -0.05) is 19.8 Å². The molecule has 106 valence electrons. The van der Waals surface area contributed by atoms with Crippen LogP contribution < -0.4 is 5.73 Å². The van der Waals surface area contributed by atoms with Gasteiger partial charge in [0.15, 0.2) is 0 Å². The van der Waals surface area contributed by atoms with Crippen LogP contribution in [0.1, 0.15) is 50.2 Å². The van der Waals surface area contributed by atoms with E-state index in [0.717, 1.165) is 30.0 Å². The SMILES string of the molecule is CCOC(=O)Cc1csc(C2(N)CCCC(C)C2)n1. The first-order valence-electron chi connectivity index (χ1n) is 6.93. The normalized spacial score (nSPS) is 27.2. The van der Waals surface area contributed by atoms with Gasteiger partial charge >= 0.3 is 5.97 Å². The molecule has 1 fully saturated rings. The van der Waals surface area contributed by atoms with Gasteiger partial charge in [-0.05, 0) is 25.7 Å². The number of nitrogens with two attached hydrogens (primary N) is 1. The number of aromatic nitrogens is 1. The lowest BCUT2D eigenvalue weighted by molar-refractivity contribution is -0.142. The van der Waals surface area contributed by atoms with E-state index < -0.39 is 0 Å². The maximum absolute atomic E-state index is 11.4. The summed E-state index contributed by atoms with van der Waals surface area (Å²) >= 11 is 1.57. The summed E-state index contributed by atoms with van der Waals surface area (Å²) in [4.78, 5) is 16.0. The Balaban J connectivity index is 2.05. The van der Waals surface area contributed by atoms with Crippen LogP contribution in [0.2, 0.25) is 0 Å². The van der Waals surface area contributed by atoms with E-state index in [1.54, 1.807) is 11.3 Å². The van der Waals surface area contributed by atoms with Crippen molar-refractivity contribution in [3.8, 4) is 0 Å². The van der Waals surface area contributed by atoms with Gasteiger partial charge in [0.1, 0.15) is 5.01 Å². The second kappa shape index (κ2) is 6.01. The molecule has 0 radical (unpaired) electrons. The monoisotopic (exact) mass is 282 g/mol. The number of rotatable bonds is 4. The smallest absolute Gasteiger partial charge is 0.311 e. The summed E-state index contributed by atoms with van der Waals surface area (Å²) in [6.45, 7) is 4.46. The zero-order valence-electron chi connectivity index (χ0n) is 11.6. The Labute approximate surface area is 118 Å². The van der Waals surface area contributed by atoms with Crippen LogP contribution in [0.3, 0.4) is 0 Å². The number of thiazole rings is 1. The highest BCUT2D eigenvalue weighted by Crippen LogP contribution is 2.38. The van der Waals surface area contributed by atoms with E-state index in [-0.39, 0.29) is 17.9 Å². The fourth-order valence-corrected chi connectivity index (χ4v) is 3.74. The molecule has 1 aromatic heterocycles. The van der Waals surface area contributed by atoms with Crippen LogP contribution in [0.5, 0.6) is 0 Å². The molecule has 0 spiro atoms. The van der Waals surface area contributed by atoms with Crippen molar-refractivity contribution in [2.75, 3.05) is 6.61 Å². The van der Waals surface area contributed by atoms with Crippen molar-refractivity contribution in [2.24, 2.45) is 11.7 Å². The molecular formula is C14H22N2O2S. The molecule has 2 rings (SSSR count). The van der Waals surface area contributed by atoms with Gasteiger partial charge in [-0.2, -0.15) is 0 Å². The first-order chi connectivity index (χ1) is 9.03. The van der Waals surface area contributed by atoms with Gasteiger partial charge in [-0.15, -0.1) is 11.3 Å². The molecule has 0 bridgehead atoms. The van der Waals surface area contributed by atoms with Crippen molar-refractivity contribution in [2.45, 2.75) is 51.5 Å². The number of nitrogens with zero attached hydrogens (tertiary/aromatic N) is 1. The van der Waals surface area contributed by atoms with Crippen molar-refractivity contribution in [1.82, 2.24) is 4.98 Å². The summed E-state index contributed by atoms with van der Waals surface area (Å²) in [5.74, 6) is 0.429. The molecule has 19 heavy (non-hydrogen) atoms. The van der Waals surface area contributed by atoms with Crippen LogP contribution in [0, 0.1) is 5.92 Å². The standard InChI is InChI=1S/C14H22N2O2S/c1-3-18-12(17)7-11-9-19-13(16-11)14(15)6-4-5-10(2)8-14/h9-10H,3-8,15H2,1-2H3. The van der Waals surface area contributed by atoms with E-state index in [2.05, 4.69) is 11.9 Å². The average Bonchev–Trinajstić information content (AvgIpc) is 2.78. The molecule has 2 atom stereocenters. The van der Waals surface area contributed by atoms with Crippen LogP contribution in [0.25, 0.3) is 0 Å². The average molecular weight is 282 g/mol. The maximum atomic E-state index is 11.4. The third-order valence-electron chi connectivity index (χ3n) is 3.64. The molecule has 4 nitrogen and oxygen atoms in total. The van der Waals surface area contributed by atoms with E-state index in [4.69, 9.17) is 10.5 Å². The highest BCUT2D eigenvalue weighted by molar-refractivity contribution is 7.09. The Morgan fingerprint density at radius 2 is 2.47 bits per heavy atom. The molecule has 2 N–H and O–H groups in total. The van der Waals surface area contributed by atoms with Crippen molar-refractivity contribution >= 4 is 17.3 Å². The Morgan fingerprint density at radius 1 is 1.68 bits per heavy atom. The number of ether oxygens (including phenoxy) is 1. The van der Waals surface area contributed by atoms with E-state index in [0.29, 0.717) is 12.5 Å². The van der Waals surface area contributed by atoms with Gasteiger partial charge in [0, 0.05) is 5.38 Å². The lowest BCUT2D eigenvalue weighted by Gasteiger charge is -2.35. The van der Waals surface area contributed by atoms with Crippen LogP contribution in [-0.4, -0.2) is 17.6 Å². The number of hydrogen-bond acceptors (Lipinski definition) is 5. The summed E-state index contributed by atoms with van der Waals surface area (Å²) in [6.07, 6.45) is 4.63. The molecule has 1 saturated carbocycles. The first-order valence-corrected chi connectivity index (χ1v) is 7.81. The van der Waals surface area contributed by atoms with E-state index in [9.17, 15) is 4.79 Å². The van der Waals surface area contributed by atoms with Crippen molar-refractivity contribution in [3.05, 3.63) is 16.1 Å². The highest BCUT2D eigenvalue weighted by Gasteiger charge is 2.35. The van der Waals surface area contributed by atoms with Gasteiger partial charge in [0.25, 0.3) is 0 Å². The predicted octanol–water partition coefficient (Wildman–Crippen LogP) is 2.61. The Kier molecular flexibility index (Phi) is 4.58. The van der Waals surface area contributed by atoms with Gasteiger partial charge in [-0.25, -0.2) is 4.98 Å². The molecule has 0 aliphatic heterocycles. The number of carbonyl (C=O) groups excluding carboxylic acids is 1. The number of esters is 1. The van der Waals surface area contributed by atoms with E-state index >= 15 is 0 Å². The quantitative estimate of drug-likeness (QED) is 0.862. The van der Waals surface area contributed by atoms with Gasteiger partial charge in [-0.3, -0.25) is 4.79 Å². The molecule has 5 heteroatoms. The lowest BCUT2D eigenvalue weighted by Crippen LogP contribution is -2.40. The fourth-order valence-electron chi connectivity index (χ4n) is 2.76. The van der Waals surface area contributed by atoms with Crippen LogP contribution in [-0.2, 0) is 21.5 Å². The van der Waals surface area contributed by atoms with Gasteiger partial charge in [0.05, 0.1) is 24.3 Å². The van der Waals surface area contributed by atoms with Crippen molar-refractivity contribution in [1.29, 1.82) is 0 Å². The third-order valence-corrected chi connectivity index (χ3v) is 4.75. The van der Waals surface area contributed by atoms with E-state index in [1.807, 2.05) is 12.3 Å². The molecule has 2 unspecified atom stereocenters. The second-order valence-corrected chi connectivity index (χ2v) is 6.34. The Hall–Kier alpha value is -0.940. The first kappa shape index (κ1) is 14.5. The zero-order valence-corrected chi connectivity index (χ0v) is 12.5. The molecule has 1 heterocycles. The maximum Gasteiger partial charge on any atom is 0.311 e. The molecule has 0 saturated heterocycles. The fraction of sp³-hybridized carbons (Fsp3) is 0.714. The second-order valence-electron chi connectivity index (χ2n) is 5.48. The minimum atomic E-state index is -0.296.